The van der Waals surface area contributed by atoms with Crippen molar-refractivity contribution >= 4 is 23.2 Å². The number of hydrazone groups is 1. The van der Waals surface area contributed by atoms with Crippen molar-refractivity contribution in [3.8, 4) is 17.7 Å². The number of esters is 1. The first-order chi connectivity index (χ1) is 12.5. The molecule has 0 saturated heterocycles. The fourth-order valence-electron chi connectivity index (χ4n) is 1.82. The van der Waals surface area contributed by atoms with Crippen LogP contribution < -0.4 is 15.9 Å². The van der Waals surface area contributed by atoms with Crippen molar-refractivity contribution < 1.29 is 14.3 Å². The average Bonchev–Trinajstić information content (AvgIpc) is 2.63. The van der Waals surface area contributed by atoms with Gasteiger partial charge in [0.1, 0.15) is 11.8 Å². The lowest BCUT2D eigenvalue weighted by Gasteiger charge is -2.08. The fraction of sp³-hybridized carbons (Fsp3) is 0.118. The number of aromatic nitrogens is 1. The van der Waals surface area contributed by atoms with E-state index in [0.29, 0.717) is 17.0 Å². The van der Waals surface area contributed by atoms with Crippen LogP contribution in [0.2, 0.25) is 0 Å². The van der Waals surface area contributed by atoms with Gasteiger partial charge in [0.2, 0.25) is 11.6 Å². The van der Waals surface area contributed by atoms with E-state index in [2.05, 4.69) is 15.5 Å². The Morgan fingerprint density at radius 3 is 2.92 bits per heavy atom. The third kappa shape index (κ3) is 5.04. The summed E-state index contributed by atoms with van der Waals surface area (Å²) in [5.41, 5.74) is 8.45. The lowest BCUT2D eigenvalue weighted by atomic mass is 10.2. The number of ether oxygens (including phenoxy) is 2. The van der Waals surface area contributed by atoms with E-state index in [1.165, 1.54) is 18.3 Å². The minimum absolute atomic E-state index is 0.220. The number of carbonyl (C=O) groups is 1. The molecule has 0 spiro atoms. The molecule has 0 atom stereocenters. The summed E-state index contributed by atoms with van der Waals surface area (Å²) >= 11 is 0. The molecule has 1 aromatic carbocycles. The van der Waals surface area contributed by atoms with Gasteiger partial charge in [0, 0.05) is 18.3 Å². The number of carbonyl (C=O) groups excluding carboxylic acids is 1. The highest BCUT2D eigenvalue weighted by atomic mass is 16.5. The van der Waals surface area contributed by atoms with Gasteiger partial charge >= 0.3 is 5.97 Å². The van der Waals surface area contributed by atoms with Crippen LogP contribution in [0, 0.1) is 16.7 Å². The Hall–Kier alpha value is -3.93. The number of nitrogens with one attached hydrogen (secondary N) is 2. The summed E-state index contributed by atoms with van der Waals surface area (Å²) in [5, 5.41) is 19.8. The molecule has 2 rings (SSSR count). The first-order valence-electron chi connectivity index (χ1n) is 7.52. The summed E-state index contributed by atoms with van der Waals surface area (Å²) in [4.78, 5) is 15.8. The predicted molar refractivity (Wildman–Crippen MR) is 95.3 cm³/mol. The SMILES string of the molecule is CCOC(=O)c1ccnc(Oc2cccc(N/N=C(\C#N)C(=N)N)c2)c1. The minimum Gasteiger partial charge on any atom is -0.462 e. The highest BCUT2D eigenvalue weighted by molar-refractivity contribution is 6.45. The quantitative estimate of drug-likeness (QED) is 0.300. The molecular weight excluding hydrogens is 336 g/mol. The van der Waals surface area contributed by atoms with Crippen LogP contribution >= 0.6 is 0 Å². The number of benzene rings is 1. The molecule has 2 aromatic rings. The lowest BCUT2D eigenvalue weighted by Crippen LogP contribution is -2.21. The van der Waals surface area contributed by atoms with E-state index in [4.69, 9.17) is 25.9 Å². The molecule has 26 heavy (non-hydrogen) atoms. The summed E-state index contributed by atoms with van der Waals surface area (Å²) in [7, 11) is 0. The summed E-state index contributed by atoms with van der Waals surface area (Å²) in [6, 6.07) is 11.4. The number of rotatable bonds is 7. The Kier molecular flexibility index (Phi) is 6.23. The van der Waals surface area contributed by atoms with E-state index < -0.39 is 11.8 Å². The number of hydrogen-bond donors (Lipinski definition) is 3. The first kappa shape index (κ1) is 18.4. The van der Waals surface area contributed by atoms with E-state index in [-0.39, 0.29) is 18.2 Å². The molecule has 0 aliphatic carbocycles. The van der Waals surface area contributed by atoms with Gasteiger partial charge in [0.15, 0.2) is 5.84 Å². The van der Waals surface area contributed by atoms with Gasteiger partial charge in [-0.15, -0.1) is 0 Å². The van der Waals surface area contributed by atoms with Gasteiger partial charge < -0.3 is 15.2 Å². The number of anilines is 1. The molecule has 4 N–H and O–H groups in total. The number of nitrogens with zero attached hydrogens (tertiary/aromatic N) is 3. The maximum Gasteiger partial charge on any atom is 0.338 e. The molecule has 0 amide bonds. The molecule has 9 heteroatoms. The normalized spacial score (nSPS) is 10.5. The number of nitrogens with two attached hydrogens (primary N) is 1. The van der Waals surface area contributed by atoms with Gasteiger partial charge in [0.05, 0.1) is 17.9 Å². The van der Waals surface area contributed by atoms with E-state index in [1.54, 1.807) is 37.3 Å². The number of hydrogen-bond acceptors (Lipinski definition) is 8. The summed E-state index contributed by atoms with van der Waals surface area (Å²) in [5.74, 6) is -0.247. The maximum absolute atomic E-state index is 11.8. The van der Waals surface area contributed by atoms with Gasteiger partial charge in [-0.3, -0.25) is 10.8 Å². The smallest absolute Gasteiger partial charge is 0.338 e. The Labute approximate surface area is 149 Å². The van der Waals surface area contributed by atoms with Crippen molar-refractivity contribution in [2.45, 2.75) is 6.92 Å². The molecule has 0 radical (unpaired) electrons. The summed E-state index contributed by atoms with van der Waals surface area (Å²) < 4.78 is 10.6. The fourth-order valence-corrected chi connectivity index (χ4v) is 1.82. The Morgan fingerprint density at radius 1 is 1.42 bits per heavy atom. The van der Waals surface area contributed by atoms with Crippen LogP contribution in [0.25, 0.3) is 0 Å². The molecule has 0 bridgehead atoms. The van der Waals surface area contributed by atoms with Crippen LogP contribution in [0.5, 0.6) is 11.6 Å². The average molecular weight is 352 g/mol. The van der Waals surface area contributed by atoms with Crippen molar-refractivity contribution in [1.82, 2.24) is 4.98 Å². The highest BCUT2D eigenvalue weighted by Crippen LogP contribution is 2.23. The third-order valence-corrected chi connectivity index (χ3v) is 2.96. The van der Waals surface area contributed by atoms with Crippen LogP contribution in [0.15, 0.2) is 47.7 Å². The van der Waals surface area contributed by atoms with E-state index in [1.807, 2.05) is 0 Å². The molecule has 9 nitrogen and oxygen atoms in total. The molecule has 132 valence electrons. The summed E-state index contributed by atoms with van der Waals surface area (Å²) in [6.45, 7) is 2.00. The summed E-state index contributed by atoms with van der Waals surface area (Å²) in [6.07, 6.45) is 1.44. The molecular formula is C17H16N6O3. The second-order valence-electron chi connectivity index (χ2n) is 4.83. The van der Waals surface area contributed by atoms with Gasteiger partial charge in [-0.2, -0.15) is 10.4 Å². The molecule has 0 saturated carbocycles. The van der Waals surface area contributed by atoms with E-state index in [0.717, 1.165) is 0 Å². The largest absolute Gasteiger partial charge is 0.462 e. The van der Waals surface area contributed by atoms with Crippen molar-refractivity contribution in [1.29, 1.82) is 10.7 Å². The van der Waals surface area contributed by atoms with Crippen LogP contribution in [0.3, 0.4) is 0 Å². The zero-order valence-electron chi connectivity index (χ0n) is 13.9. The van der Waals surface area contributed by atoms with Crippen molar-refractivity contribution in [3.05, 3.63) is 48.2 Å². The Morgan fingerprint density at radius 2 is 2.23 bits per heavy atom. The monoisotopic (exact) mass is 352 g/mol. The van der Waals surface area contributed by atoms with Crippen molar-refractivity contribution in [2.24, 2.45) is 10.8 Å². The van der Waals surface area contributed by atoms with Crippen LogP contribution in [0.1, 0.15) is 17.3 Å². The van der Waals surface area contributed by atoms with Gasteiger partial charge in [-0.05, 0) is 25.1 Å². The molecule has 0 unspecified atom stereocenters. The third-order valence-electron chi connectivity index (χ3n) is 2.96. The Bertz CT molecular complexity index is 888. The van der Waals surface area contributed by atoms with Gasteiger partial charge in [-0.1, -0.05) is 6.07 Å². The second kappa shape index (κ2) is 8.79. The van der Waals surface area contributed by atoms with Crippen LogP contribution in [-0.2, 0) is 4.74 Å². The van der Waals surface area contributed by atoms with Gasteiger partial charge in [0.25, 0.3) is 0 Å². The highest BCUT2D eigenvalue weighted by Gasteiger charge is 2.09. The van der Waals surface area contributed by atoms with E-state index in [9.17, 15) is 4.79 Å². The predicted octanol–water partition coefficient (Wildman–Crippen LogP) is 2.28. The Balaban J connectivity index is 2.14. The topological polar surface area (TPSA) is 146 Å². The van der Waals surface area contributed by atoms with E-state index >= 15 is 0 Å². The van der Waals surface area contributed by atoms with Crippen LogP contribution in [-0.4, -0.2) is 29.1 Å². The van der Waals surface area contributed by atoms with Crippen molar-refractivity contribution in [2.75, 3.05) is 12.0 Å². The molecule has 0 aliphatic heterocycles. The van der Waals surface area contributed by atoms with Crippen molar-refractivity contribution in [3.63, 3.8) is 0 Å². The number of amidine groups is 1. The first-order valence-corrected chi connectivity index (χ1v) is 7.52. The van der Waals surface area contributed by atoms with Gasteiger partial charge in [-0.25, -0.2) is 9.78 Å². The minimum atomic E-state index is -0.460. The molecule has 1 heterocycles. The molecule has 1 aromatic heterocycles. The molecule has 0 fully saturated rings. The van der Waals surface area contributed by atoms with Crippen LogP contribution in [0.4, 0.5) is 5.69 Å². The number of nitriles is 1. The molecule has 0 aliphatic rings. The standard InChI is InChI=1S/C17H16N6O3/c1-2-25-17(24)11-6-7-21-15(8-11)26-13-5-3-4-12(9-13)22-23-14(10-18)16(19)20/h3-9,22H,2H2,1H3,(H3,19,20)/b23-14+. The zero-order chi connectivity index (χ0) is 18.9. The number of pyridine rings is 1. The maximum atomic E-state index is 11.8. The zero-order valence-corrected chi connectivity index (χ0v) is 13.9. The second-order valence-corrected chi connectivity index (χ2v) is 4.83. The lowest BCUT2D eigenvalue weighted by molar-refractivity contribution is 0.0526.